The third-order valence-electron chi connectivity index (χ3n) is 4.87. The molecule has 1 aliphatic carbocycles. The first-order valence-corrected chi connectivity index (χ1v) is 8.90. The summed E-state index contributed by atoms with van der Waals surface area (Å²) < 4.78 is 5.23. The van der Waals surface area contributed by atoms with Crippen LogP contribution in [-0.4, -0.2) is 22.5 Å². The molecule has 0 saturated carbocycles. The van der Waals surface area contributed by atoms with Crippen molar-refractivity contribution in [3.63, 3.8) is 0 Å². The summed E-state index contributed by atoms with van der Waals surface area (Å²) in [6.45, 7) is -0.136. The number of ether oxygens (including phenoxy) is 1. The number of hydrogen-bond donors (Lipinski definition) is 1. The van der Waals surface area contributed by atoms with Crippen molar-refractivity contribution in [2.24, 2.45) is 0 Å². The van der Waals surface area contributed by atoms with E-state index < -0.39 is 16.7 Å². The SMILES string of the molecule is Nc1c(C(=O)OCc2ccc([N+](=O)[O-])cc2)ccc2c1C(=O)c1ccccc1C2=O. The molecule has 0 radical (unpaired) electrons. The van der Waals surface area contributed by atoms with Gasteiger partial charge in [-0.25, -0.2) is 4.79 Å². The van der Waals surface area contributed by atoms with Gasteiger partial charge in [-0.15, -0.1) is 0 Å². The zero-order valence-electron chi connectivity index (χ0n) is 15.5. The molecule has 0 bridgehead atoms. The molecule has 3 aromatic carbocycles. The second-order valence-corrected chi connectivity index (χ2v) is 6.65. The molecule has 0 fully saturated rings. The van der Waals surface area contributed by atoms with E-state index in [1.807, 2.05) is 0 Å². The van der Waals surface area contributed by atoms with Crippen molar-refractivity contribution in [2.45, 2.75) is 6.61 Å². The van der Waals surface area contributed by atoms with Crippen molar-refractivity contribution >= 4 is 28.9 Å². The molecule has 2 N–H and O–H groups in total. The monoisotopic (exact) mass is 402 g/mol. The average molecular weight is 402 g/mol. The molecule has 1 aliphatic rings. The number of esters is 1. The number of non-ortho nitro benzene ring substituents is 1. The largest absolute Gasteiger partial charge is 0.457 e. The van der Waals surface area contributed by atoms with E-state index in [0.717, 1.165) is 0 Å². The van der Waals surface area contributed by atoms with Gasteiger partial charge in [0.2, 0.25) is 0 Å². The topological polar surface area (TPSA) is 130 Å². The van der Waals surface area contributed by atoms with E-state index in [1.54, 1.807) is 18.2 Å². The van der Waals surface area contributed by atoms with Gasteiger partial charge in [0.1, 0.15) is 6.61 Å². The van der Waals surface area contributed by atoms with Gasteiger partial charge in [-0.05, 0) is 29.8 Å². The number of nitro benzene ring substituents is 1. The number of nitro groups is 1. The first-order chi connectivity index (χ1) is 14.4. The predicted octanol–water partition coefficient (Wildman–Crippen LogP) is 3.31. The Labute approximate surface area is 170 Å². The number of rotatable bonds is 4. The maximum atomic E-state index is 12.9. The van der Waals surface area contributed by atoms with E-state index in [9.17, 15) is 24.5 Å². The van der Waals surface area contributed by atoms with Crippen molar-refractivity contribution in [1.82, 2.24) is 0 Å². The number of fused-ring (bicyclic) bond motifs is 2. The third kappa shape index (κ3) is 3.10. The molecule has 8 heteroatoms. The van der Waals surface area contributed by atoms with Crippen LogP contribution in [-0.2, 0) is 11.3 Å². The van der Waals surface area contributed by atoms with Crippen LogP contribution in [0.5, 0.6) is 0 Å². The van der Waals surface area contributed by atoms with Crippen molar-refractivity contribution in [3.05, 3.63) is 104 Å². The summed E-state index contributed by atoms with van der Waals surface area (Å²) in [5.41, 5.74) is 7.07. The number of ketones is 2. The summed E-state index contributed by atoms with van der Waals surface area (Å²) in [6.07, 6.45) is 0. The molecule has 0 aromatic heterocycles. The Bertz CT molecular complexity index is 1230. The fourth-order valence-electron chi connectivity index (χ4n) is 3.33. The van der Waals surface area contributed by atoms with Crippen molar-refractivity contribution in [1.29, 1.82) is 0 Å². The number of carbonyl (C=O) groups excluding carboxylic acids is 3. The molecule has 4 rings (SSSR count). The zero-order chi connectivity index (χ0) is 21.4. The highest BCUT2D eigenvalue weighted by molar-refractivity contribution is 6.30. The summed E-state index contributed by atoms with van der Waals surface area (Å²) in [5.74, 6) is -1.53. The molecule has 0 aliphatic heterocycles. The van der Waals surface area contributed by atoms with Gasteiger partial charge in [0, 0.05) is 28.8 Å². The number of nitrogens with two attached hydrogens (primary N) is 1. The molecule has 0 unspecified atom stereocenters. The smallest absolute Gasteiger partial charge is 0.340 e. The highest BCUT2D eigenvalue weighted by atomic mass is 16.6. The van der Waals surface area contributed by atoms with Gasteiger partial charge in [-0.3, -0.25) is 19.7 Å². The number of nitrogen functional groups attached to an aromatic ring is 1. The van der Waals surface area contributed by atoms with Gasteiger partial charge < -0.3 is 10.5 Å². The lowest BCUT2D eigenvalue weighted by Gasteiger charge is -2.20. The first-order valence-electron chi connectivity index (χ1n) is 8.90. The molecule has 30 heavy (non-hydrogen) atoms. The van der Waals surface area contributed by atoms with Crippen LogP contribution in [0.3, 0.4) is 0 Å². The molecule has 0 heterocycles. The minimum atomic E-state index is -0.771. The van der Waals surface area contributed by atoms with Gasteiger partial charge in [-0.1, -0.05) is 24.3 Å². The van der Waals surface area contributed by atoms with Crippen LogP contribution < -0.4 is 5.73 Å². The van der Waals surface area contributed by atoms with E-state index in [2.05, 4.69) is 0 Å². The van der Waals surface area contributed by atoms with Gasteiger partial charge in [-0.2, -0.15) is 0 Å². The normalized spacial score (nSPS) is 12.1. The highest BCUT2D eigenvalue weighted by Crippen LogP contribution is 2.33. The van der Waals surface area contributed by atoms with Crippen LogP contribution in [0.25, 0.3) is 0 Å². The highest BCUT2D eigenvalue weighted by Gasteiger charge is 2.33. The lowest BCUT2D eigenvalue weighted by Crippen LogP contribution is -2.24. The third-order valence-corrected chi connectivity index (χ3v) is 4.87. The number of benzene rings is 3. The fraction of sp³-hybridized carbons (Fsp3) is 0.0455. The molecule has 3 aromatic rings. The van der Waals surface area contributed by atoms with Crippen LogP contribution in [0, 0.1) is 10.1 Å². The zero-order valence-corrected chi connectivity index (χ0v) is 15.5. The maximum Gasteiger partial charge on any atom is 0.340 e. The quantitative estimate of drug-likeness (QED) is 0.240. The van der Waals surface area contributed by atoms with Crippen molar-refractivity contribution in [3.8, 4) is 0 Å². The van der Waals surface area contributed by atoms with Gasteiger partial charge in [0.05, 0.1) is 21.7 Å². The Balaban J connectivity index is 1.60. The lowest BCUT2D eigenvalue weighted by molar-refractivity contribution is -0.384. The summed E-state index contributed by atoms with van der Waals surface area (Å²) in [4.78, 5) is 48.3. The Hall–Kier alpha value is -4.33. The van der Waals surface area contributed by atoms with Crippen LogP contribution in [0.1, 0.15) is 47.8 Å². The summed E-state index contributed by atoms with van der Waals surface area (Å²) in [6, 6.07) is 14.7. The van der Waals surface area contributed by atoms with Crippen LogP contribution in [0.15, 0.2) is 60.7 Å². The van der Waals surface area contributed by atoms with Crippen LogP contribution in [0.2, 0.25) is 0 Å². The van der Waals surface area contributed by atoms with Crippen LogP contribution in [0.4, 0.5) is 11.4 Å². The predicted molar refractivity (Wildman–Crippen MR) is 106 cm³/mol. The molecule has 148 valence electrons. The van der Waals surface area contributed by atoms with E-state index in [-0.39, 0.29) is 46.0 Å². The van der Waals surface area contributed by atoms with Gasteiger partial charge in [0.15, 0.2) is 11.6 Å². The molecular weight excluding hydrogens is 388 g/mol. The molecular formula is C22H14N2O6. The van der Waals surface area contributed by atoms with Crippen LogP contribution >= 0.6 is 0 Å². The Morgan fingerprint density at radius 1 is 0.900 bits per heavy atom. The molecule has 8 nitrogen and oxygen atoms in total. The van der Waals surface area contributed by atoms with Gasteiger partial charge in [0.25, 0.3) is 5.69 Å². The Morgan fingerprint density at radius 2 is 1.53 bits per heavy atom. The molecule has 0 atom stereocenters. The Kier molecular flexibility index (Phi) is 4.59. The van der Waals surface area contributed by atoms with Crippen molar-refractivity contribution in [2.75, 3.05) is 5.73 Å². The second kappa shape index (κ2) is 7.25. The standard InChI is InChI=1S/C22H14N2O6/c23-19-17(22(27)30-11-12-5-7-13(8-6-12)24(28)29)10-9-16-18(19)21(26)15-4-2-1-3-14(15)20(16)25/h1-10H,11,23H2. The number of carbonyl (C=O) groups is 3. The second-order valence-electron chi connectivity index (χ2n) is 6.65. The Morgan fingerprint density at radius 3 is 2.17 bits per heavy atom. The molecule has 0 amide bonds. The lowest BCUT2D eigenvalue weighted by atomic mass is 9.82. The number of hydrogen-bond acceptors (Lipinski definition) is 7. The first kappa shape index (κ1) is 19.0. The fourth-order valence-corrected chi connectivity index (χ4v) is 3.33. The number of anilines is 1. The summed E-state index contributed by atoms with van der Waals surface area (Å²) in [5, 5.41) is 10.7. The molecule has 0 spiro atoms. The van der Waals surface area contributed by atoms with E-state index in [1.165, 1.54) is 42.5 Å². The minimum Gasteiger partial charge on any atom is -0.457 e. The number of nitrogens with zero attached hydrogens (tertiary/aromatic N) is 1. The van der Waals surface area contributed by atoms with E-state index in [4.69, 9.17) is 10.5 Å². The van der Waals surface area contributed by atoms with Gasteiger partial charge >= 0.3 is 5.97 Å². The molecule has 0 saturated heterocycles. The minimum absolute atomic E-state index is 0.0107. The average Bonchev–Trinajstić information content (AvgIpc) is 2.76. The van der Waals surface area contributed by atoms with E-state index in [0.29, 0.717) is 11.1 Å². The summed E-state index contributed by atoms with van der Waals surface area (Å²) in [7, 11) is 0. The maximum absolute atomic E-state index is 12.9. The van der Waals surface area contributed by atoms with E-state index >= 15 is 0 Å². The summed E-state index contributed by atoms with van der Waals surface area (Å²) >= 11 is 0. The van der Waals surface area contributed by atoms with Crippen molar-refractivity contribution < 1.29 is 24.0 Å².